The monoisotopic (exact) mass is 192 g/mol. The third kappa shape index (κ3) is 1.64. The zero-order valence-corrected chi connectivity index (χ0v) is 9.76. The Bertz CT molecular complexity index is 218. The van der Waals surface area contributed by atoms with Gasteiger partial charge in [0.25, 0.3) is 0 Å². The smallest absolute Gasteiger partial charge is 0.0203 e. The molecule has 0 bridgehead atoms. The summed E-state index contributed by atoms with van der Waals surface area (Å²) < 4.78 is 0. The molecule has 0 heteroatoms. The minimum absolute atomic E-state index is 0.656. The molecule has 0 heterocycles. The van der Waals surface area contributed by atoms with Crippen LogP contribution in [0, 0.1) is 23.2 Å². The second-order valence-corrected chi connectivity index (χ2v) is 5.93. The first-order valence-corrected chi connectivity index (χ1v) is 6.28. The predicted molar refractivity (Wildman–Crippen MR) is 62.2 cm³/mol. The maximum atomic E-state index is 4.03. The van der Waals surface area contributed by atoms with Crippen LogP contribution >= 0.6 is 0 Å². The summed E-state index contributed by atoms with van der Waals surface area (Å²) in [5.74, 6) is 2.71. The lowest BCUT2D eigenvalue weighted by atomic mass is 9.55. The van der Waals surface area contributed by atoms with Gasteiger partial charge in [-0.25, -0.2) is 0 Å². The fourth-order valence-corrected chi connectivity index (χ4v) is 3.82. The molecule has 2 aliphatic rings. The van der Waals surface area contributed by atoms with Crippen molar-refractivity contribution < 1.29 is 0 Å². The molecule has 0 spiro atoms. The third-order valence-electron chi connectivity index (χ3n) is 4.86. The molecule has 0 N–H and O–H groups in total. The number of fused-ring (bicyclic) bond motifs is 1. The lowest BCUT2D eigenvalue weighted by Gasteiger charge is -2.50. The van der Waals surface area contributed by atoms with Crippen LogP contribution in [0.1, 0.15) is 52.4 Å². The van der Waals surface area contributed by atoms with Gasteiger partial charge in [0.15, 0.2) is 0 Å². The molecule has 14 heavy (non-hydrogen) atoms. The van der Waals surface area contributed by atoms with E-state index in [9.17, 15) is 0 Å². The van der Waals surface area contributed by atoms with Gasteiger partial charge in [0.2, 0.25) is 0 Å². The van der Waals surface area contributed by atoms with E-state index in [0.29, 0.717) is 5.41 Å². The molecule has 4 atom stereocenters. The molecular formula is C14H24. The summed E-state index contributed by atoms with van der Waals surface area (Å²) in [5, 5.41) is 0. The zero-order chi connectivity index (χ0) is 10.2. The molecule has 0 radical (unpaired) electrons. The average molecular weight is 192 g/mol. The van der Waals surface area contributed by atoms with Crippen molar-refractivity contribution in [2.45, 2.75) is 52.4 Å². The van der Waals surface area contributed by atoms with Gasteiger partial charge in [0, 0.05) is 0 Å². The second-order valence-electron chi connectivity index (χ2n) is 5.93. The molecule has 2 rings (SSSR count). The SMILES string of the molecule is C=CC1CCCC2(C)CCC(C)CC12. The van der Waals surface area contributed by atoms with Crippen molar-refractivity contribution in [1.29, 1.82) is 0 Å². The Morgan fingerprint density at radius 1 is 1.29 bits per heavy atom. The van der Waals surface area contributed by atoms with E-state index in [1.807, 2.05) is 0 Å². The maximum absolute atomic E-state index is 4.03. The largest absolute Gasteiger partial charge is 0.103 e. The van der Waals surface area contributed by atoms with Crippen molar-refractivity contribution in [2.75, 3.05) is 0 Å². The summed E-state index contributed by atoms with van der Waals surface area (Å²) in [7, 11) is 0. The van der Waals surface area contributed by atoms with E-state index < -0.39 is 0 Å². The van der Waals surface area contributed by atoms with Gasteiger partial charge < -0.3 is 0 Å². The molecule has 0 aromatic heterocycles. The van der Waals surface area contributed by atoms with E-state index in [1.54, 1.807) is 0 Å². The van der Waals surface area contributed by atoms with Gasteiger partial charge in [0.1, 0.15) is 0 Å². The second kappa shape index (κ2) is 3.72. The van der Waals surface area contributed by atoms with Crippen molar-refractivity contribution in [1.82, 2.24) is 0 Å². The van der Waals surface area contributed by atoms with Crippen LogP contribution in [-0.4, -0.2) is 0 Å². The molecule has 0 aromatic rings. The van der Waals surface area contributed by atoms with Crippen molar-refractivity contribution in [2.24, 2.45) is 23.2 Å². The molecule has 0 aromatic carbocycles. The minimum Gasteiger partial charge on any atom is -0.103 e. The number of hydrogen-bond donors (Lipinski definition) is 0. The summed E-state index contributed by atoms with van der Waals surface area (Å²) >= 11 is 0. The lowest BCUT2D eigenvalue weighted by Crippen LogP contribution is -2.40. The Kier molecular flexibility index (Phi) is 2.72. The van der Waals surface area contributed by atoms with Crippen LogP contribution in [0.15, 0.2) is 12.7 Å². The normalized spacial score (nSPS) is 48.3. The van der Waals surface area contributed by atoms with Gasteiger partial charge in [0.05, 0.1) is 0 Å². The first-order chi connectivity index (χ1) is 6.65. The Labute approximate surface area is 88.8 Å². The number of allylic oxidation sites excluding steroid dienone is 1. The van der Waals surface area contributed by atoms with Crippen LogP contribution in [0.5, 0.6) is 0 Å². The number of rotatable bonds is 1. The van der Waals surface area contributed by atoms with Crippen LogP contribution in [0.3, 0.4) is 0 Å². The molecule has 2 saturated carbocycles. The third-order valence-corrected chi connectivity index (χ3v) is 4.86. The van der Waals surface area contributed by atoms with Crippen molar-refractivity contribution in [3.63, 3.8) is 0 Å². The Morgan fingerprint density at radius 3 is 2.79 bits per heavy atom. The average Bonchev–Trinajstić information content (AvgIpc) is 2.18. The standard InChI is InChI=1S/C14H24/c1-4-12-6-5-8-14(3)9-7-11(2)10-13(12)14/h4,11-13H,1,5-10H2,2-3H3. The zero-order valence-electron chi connectivity index (χ0n) is 9.76. The highest BCUT2D eigenvalue weighted by atomic mass is 14.5. The molecule has 2 aliphatic carbocycles. The van der Waals surface area contributed by atoms with Gasteiger partial charge >= 0.3 is 0 Å². The van der Waals surface area contributed by atoms with Crippen molar-refractivity contribution >= 4 is 0 Å². The van der Waals surface area contributed by atoms with E-state index in [4.69, 9.17) is 0 Å². The first-order valence-electron chi connectivity index (χ1n) is 6.28. The fourth-order valence-electron chi connectivity index (χ4n) is 3.82. The molecule has 0 saturated heterocycles. The summed E-state index contributed by atoms with van der Waals surface area (Å²) in [4.78, 5) is 0. The highest BCUT2D eigenvalue weighted by Crippen LogP contribution is 2.53. The topological polar surface area (TPSA) is 0 Å². The van der Waals surface area contributed by atoms with Gasteiger partial charge in [-0.3, -0.25) is 0 Å². The van der Waals surface area contributed by atoms with Gasteiger partial charge in [-0.1, -0.05) is 32.8 Å². The maximum Gasteiger partial charge on any atom is -0.0203 e. The Balaban J connectivity index is 2.17. The highest BCUT2D eigenvalue weighted by Gasteiger charge is 2.43. The van der Waals surface area contributed by atoms with E-state index >= 15 is 0 Å². The summed E-state index contributed by atoms with van der Waals surface area (Å²) in [6.45, 7) is 8.98. The van der Waals surface area contributed by atoms with Crippen LogP contribution in [0.4, 0.5) is 0 Å². The molecule has 2 fully saturated rings. The van der Waals surface area contributed by atoms with E-state index in [2.05, 4.69) is 26.5 Å². The first kappa shape index (κ1) is 10.3. The molecule has 0 nitrogen and oxygen atoms in total. The predicted octanol–water partition coefficient (Wildman–Crippen LogP) is 4.42. The van der Waals surface area contributed by atoms with Crippen LogP contribution in [-0.2, 0) is 0 Å². The van der Waals surface area contributed by atoms with Crippen LogP contribution in [0.25, 0.3) is 0 Å². The molecular weight excluding hydrogens is 168 g/mol. The van der Waals surface area contributed by atoms with E-state index in [-0.39, 0.29) is 0 Å². The summed E-state index contributed by atoms with van der Waals surface area (Å²) in [5.41, 5.74) is 0.656. The van der Waals surface area contributed by atoms with Crippen molar-refractivity contribution in [3.05, 3.63) is 12.7 Å². The van der Waals surface area contributed by atoms with Gasteiger partial charge in [-0.2, -0.15) is 0 Å². The van der Waals surface area contributed by atoms with Crippen LogP contribution < -0.4 is 0 Å². The summed E-state index contributed by atoms with van der Waals surface area (Å²) in [6.07, 6.45) is 10.9. The lowest BCUT2D eigenvalue weighted by molar-refractivity contribution is 0.0139. The van der Waals surface area contributed by atoms with E-state index in [0.717, 1.165) is 17.8 Å². The molecule has 4 unspecified atom stereocenters. The quantitative estimate of drug-likeness (QED) is 0.540. The van der Waals surface area contributed by atoms with Gasteiger partial charge in [-0.05, 0) is 48.9 Å². The molecule has 80 valence electrons. The number of hydrogen-bond acceptors (Lipinski definition) is 0. The van der Waals surface area contributed by atoms with E-state index in [1.165, 1.54) is 38.5 Å². The van der Waals surface area contributed by atoms with Crippen LogP contribution in [0.2, 0.25) is 0 Å². The summed E-state index contributed by atoms with van der Waals surface area (Å²) in [6, 6.07) is 0. The Morgan fingerprint density at radius 2 is 2.07 bits per heavy atom. The van der Waals surface area contributed by atoms with Crippen molar-refractivity contribution in [3.8, 4) is 0 Å². The molecule has 0 aliphatic heterocycles. The minimum atomic E-state index is 0.656. The fraction of sp³-hybridized carbons (Fsp3) is 0.857. The molecule has 0 amide bonds. The van der Waals surface area contributed by atoms with Gasteiger partial charge in [-0.15, -0.1) is 6.58 Å². The Hall–Kier alpha value is -0.260. The highest BCUT2D eigenvalue weighted by molar-refractivity contribution is 4.99.